The molecule has 2 aromatic heterocycles. The van der Waals surface area contributed by atoms with Crippen molar-refractivity contribution < 1.29 is 0 Å². The molecule has 0 unspecified atom stereocenters. The minimum absolute atomic E-state index is 1.09. The molecule has 0 aromatic carbocycles. The van der Waals surface area contributed by atoms with E-state index in [9.17, 15) is 0 Å². The van der Waals surface area contributed by atoms with Crippen LogP contribution in [-0.2, 0) is 0 Å². The van der Waals surface area contributed by atoms with Gasteiger partial charge in [0.1, 0.15) is 0 Å². The maximum atomic E-state index is 4.31. The van der Waals surface area contributed by atoms with E-state index in [2.05, 4.69) is 22.3 Å². The highest BCUT2D eigenvalue weighted by molar-refractivity contribution is 7.06. The SMILES string of the molecule is Cc1nsc(C)c1-c1cccnc1. The summed E-state index contributed by atoms with van der Waals surface area (Å²) in [5.74, 6) is 0. The Morgan fingerprint density at radius 1 is 1.31 bits per heavy atom. The van der Waals surface area contributed by atoms with E-state index in [1.165, 1.54) is 10.4 Å². The first-order chi connectivity index (χ1) is 6.29. The average Bonchev–Trinajstić information content (AvgIpc) is 2.48. The topological polar surface area (TPSA) is 25.8 Å². The number of aromatic nitrogens is 2. The molecule has 0 aliphatic carbocycles. The lowest BCUT2D eigenvalue weighted by atomic mass is 10.1. The Morgan fingerprint density at radius 2 is 2.15 bits per heavy atom. The lowest BCUT2D eigenvalue weighted by Crippen LogP contribution is -1.81. The molecule has 0 radical (unpaired) electrons. The van der Waals surface area contributed by atoms with Crippen molar-refractivity contribution in [3.05, 3.63) is 35.1 Å². The average molecular weight is 190 g/mol. The largest absolute Gasteiger partial charge is 0.264 e. The summed E-state index contributed by atoms with van der Waals surface area (Å²) < 4.78 is 4.31. The van der Waals surface area contributed by atoms with Crippen molar-refractivity contribution in [3.63, 3.8) is 0 Å². The fourth-order valence-corrected chi connectivity index (χ4v) is 2.13. The molecule has 66 valence electrons. The van der Waals surface area contributed by atoms with Crippen LogP contribution in [-0.4, -0.2) is 9.36 Å². The van der Waals surface area contributed by atoms with Crippen LogP contribution in [0.4, 0.5) is 0 Å². The zero-order chi connectivity index (χ0) is 9.26. The lowest BCUT2D eigenvalue weighted by molar-refractivity contribution is 1.30. The van der Waals surface area contributed by atoms with E-state index in [0.29, 0.717) is 0 Å². The Kier molecular flexibility index (Phi) is 2.10. The van der Waals surface area contributed by atoms with Gasteiger partial charge in [0.05, 0.1) is 5.69 Å². The van der Waals surface area contributed by atoms with E-state index < -0.39 is 0 Å². The van der Waals surface area contributed by atoms with Crippen molar-refractivity contribution in [2.24, 2.45) is 0 Å². The fraction of sp³-hybridized carbons (Fsp3) is 0.200. The van der Waals surface area contributed by atoms with Crippen molar-refractivity contribution in [3.8, 4) is 11.1 Å². The second-order valence-electron chi connectivity index (χ2n) is 2.94. The van der Waals surface area contributed by atoms with Gasteiger partial charge in [0, 0.05) is 28.4 Å². The molecule has 0 aliphatic rings. The highest BCUT2D eigenvalue weighted by atomic mass is 32.1. The van der Waals surface area contributed by atoms with Gasteiger partial charge >= 0.3 is 0 Å². The van der Waals surface area contributed by atoms with Crippen LogP contribution in [0.15, 0.2) is 24.5 Å². The molecular weight excluding hydrogens is 180 g/mol. The standard InChI is InChI=1S/C10H10N2S/c1-7-10(8(2)13-12-7)9-4-3-5-11-6-9/h3-6H,1-2H3. The second kappa shape index (κ2) is 3.26. The molecule has 0 atom stereocenters. The minimum Gasteiger partial charge on any atom is -0.264 e. The first-order valence-corrected chi connectivity index (χ1v) is 4.89. The molecule has 0 amide bonds. The summed E-state index contributed by atoms with van der Waals surface area (Å²) in [7, 11) is 0. The summed E-state index contributed by atoms with van der Waals surface area (Å²) in [5, 5.41) is 0. The highest BCUT2D eigenvalue weighted by Crippen LogP contribution is 2.28. The van der Waals surface area contributed by atoms with Gasteiger partial charge in [-0.2, -0.15) is 4.37 Å². The summed E-state index contributed by atoms with van der Waals surface area (Å²) >= 11 is 1.55. The van der Waals surface area contributed by atoms with Crippen LogP contribution in [0.2, 0.25) is 0 Å². The first kappa shape index (κ1) is 8.38. The zero-order valence-electron chi connectivity index (χ0n) is 7.61. The molecule has 2 heterocycles. The van der Waals surface area contributed by atoms with Crippen LogP contribution in [0.25, 0.3) is 11.1 Å². The van der Waals surface area contributed by atoms with E-state index in [1.807, 2.05) is 19.2 Å². The summed E-state index contributed by atoms with van der Waals surface area (Å²) in [6.07, 6.45) is 3.66. The van der Waals surface area contributed by atoms with E-state index in [1.54, 1.807) is 17.7 Å². The molecule has 0 saturated carbocycles. The quantitative estimate of drug-likeness (QED) is 0.691. The van der Waals surface area contributed by atoms with E-state index in [-0.39, 0.29) is 0 Å². The molecule has 3 heteroatoms. The number of rotatable bonds is 1. The Hall–Kier alpha value is -1.22. The fourth-order valence-electron chi connectivity index (χ4n) is 1.41. The van der Waals surface area contributed by atoms with Crippen molar-refractivity contribution in [2.75, 3.05) is 0 Å². The number of nitrogens with zero attached hydrogens (tertiary/aromatic N) is 2. The summed E-state index contributed by atoms with van der Waals surface area (Å²) in [5.41, 5.74) is 3.49. The summed E-state index contributed by atoms with van der Waals surface area (Å²) in [4.78, 5) is 5.35. The Morgan fingerprint density at radius 3 is 2.69 bits per heavy atom. The van der Waals surface area contributed by atoms with Gasteiger partial charge in [0.25, 0.3) is 0 Å². The summed E-state index contributed by atoms with van der Waals surface area (Å²) in [6, 6.07) is 4.02. The van der Waals surface area contributed by atoms with Crippen molar-refractivity contribution >= 4 is 11.5 Å². The van der Waals surface area contributed by atoms with Crippen LogP contribution < -0.4 is 0 Å². The predicted octanol–water partition coefficient (Wildman–Crippen LogP) is 2.82. The van der Waals surface area contributed by atoms with E-state index in [4.69, 9.17) is 0 Å². The molecule has 2 nitrogen and oxygen atoms in total. The van der Waals surface area contributed by atoms with Crippen LogP contribution in [0.1, 0.15) is 10.6 Å². The number of pyridine rings is 1. The molecular formula is C10H10N2S. The zero-order valence-corrected chi connectivity index (χ0v) is 8.43. The number of hydrogen-bond donors (Lipinski definition) is 0. The normalized spacial score (nSPS) is 10.3. The van der Waals surface area contributed by atoms with Crippen molar-refractivity contribution in [1.29, 1.82) is 0 Å². The van der Waals surface area contributed by atoms with Crippen LogP contribution in [0.5, 0.6) is 0 Å². The minimum atomic E-state index is 1.09. The third kappa shape index (κ3) is 1.47. The molecule has 0 N–H and O–H groups in total. The number of hydrogen-bond acceptors (Lipinski definition) is 3. The van der Waals surface area contributed by atoms with E-state index >= 15 is 0 Å². The third-order valence-corrected chi connectivity index (χ3v) is 2.83. The van der Waals surface area contributed by atoms with Gasteiger partial charge in [0.15, 0.2) is 0 Å². The second-order valence-corrected chi connectivity index (χ2v) is 3.92. The smallest absolute Gasteiger partial charge is 0.0592 e. The maximum absolute atomic E-state index is 4.31. The van der Waals surface area contributed by atoms with Gasteiger partial charge in [-0.25, -0.2) is 0 Å². The van der Waals surface area contributed by atoms with Gasteiger partial charge in [-0.1, -0.05) is 6.07 Å². The molecule has 0 spiro atoms. The molecule has 13 heavy (non-hydrogen) atoms. The van der Waals surface area contributed by atoms with E-state index in [0.717, 1.165) is 11.3 Å². The van der Waals surface area contributed by atoms with Crippen LogP contribution in [0.3, 0.4) is 0 Å². The van der Waals surface area contributed by atoms with Gasteiger partial charge < -0.3 is 0 Å². The maximum Gasteiger partial charge on any atom is 0.0592 e. The monoisotopic (exact) mass is 190 g/mol. The van der Waals surface area contributed by atoms with Gasteiger partial charge in [0.2, 0.25) is 0 Å². The Labute approximate surface area is 81.4 Å². The van der Waals surface area contributed by atoms with Crippen LogP contribution in [0, 0.1) is 13.8 Å². The Bertz CT molecular complexity index is 387. The van der Waals surface area contributed by atoms with Gasteiger partial charge in [-0.3, -0.25) is 4.98 Å². The molecule has 2 rings (SSSR count). The van der Waals surface area contributed by atoms with Gasteiger partial charge in [-0.05, 0) is 31.4 Å². The van der Waals surface area contributed by atoms with Gasteiger partial charge in [-0.15, -0.1) is 0 Å². The van der Waals surface area contributed by atoms with Crippen LogP contribution >= 0.6 is 11.5 Å². The predicted molar refractivity (Wildman–Crippen MR) is 54.8 cm³/mol. The third-order valence-electron chi connectivity index (χ3n) is 1.98. The molecule has 0 aliphatic heterocycles. The Balaban J connectivity index is 2.59. The molecule has 0 bridgehead atoms. The van der Waals surface area contributed by atoms with Crippen molar-refractivity contribution in [2.45, 2.75) is 13.8 Å². The molecule has 2 aromatic rings. The summed E-state index contributed by atoms with van der Waals surface area (Å²) in [6.45, 7) is 4.12. The molecule has 0 fully saturated rings. The molecule has 0 saturated heterocycles. The first-order valence-electron chi connectivity index (χ1n) is 4.12. The van der Waals surface area contributed by atoms with Crippen molar-refractivity contribution in [1.82, 2.24) is 9.36 Å². The number of aryl methyl sites for hydroxylation is 2. The highest BCUT2D eigenvalue weighted by Gasteiger charge is 2.08. The lowest BCUT2D eigenvalue weighted by Gasteiger charge is -1.99.